The smallest absolute Gasteiger partial charge is 0.0994 e. The van der Waals surface area contributed by atoms with E-state index in [-0.39, 0.29) is 0 Å². The van der Waals surface area contributed by atoms with E-state index in [1.165, 1.54) is 5.56 Å². The number of H-pyrrole nitrogens is 1. The van der Waals surface area contributed by atoms with Crippen LogP contribution in [0.1, 0.15) is 11.3 Å². The third-order valence-electron chi connectivity index (χ3n) is 2.77. The number of benzene rings is 1. The van der Waals surface area contributed by atoms with Gasteiger partial charge in [-0.15, -0.1) is 0 Å². The van der Waals surface area contributed by atoms with Gasteiger partial charge in [-0.05, 0) is 25.1 Å². The van der Waals surface area contributed by atoms with E-state index in [1.807, 2.05) is 25.1 Å². The molecule has 15 heavy (non-hydrogen) atoms. The first-order valence-corrected chi connectivity index (χ1v) is 5.21. The number of aryl methyl sites for hydroxylation is 1. The monoisotopic (exact) mass is 219 g/mol. The average Bonchev–Trinajstić information content (AvgIpc) is 2.61. The first-order chi connectivity index (χ1) is 7.25. The highest BCUT2D eigenvalue weighted by atomic mass is 35.5. The van der Waals surface area contributed by atoms with Crippen LogP contribution in [-0.2, 0) is 6.54 Å². The third-order valence-corrected chi connectivity index (χ3v) is 3.00. The Bertz CT molecular complexity index is 531. The van der Waals surface area contributed by atoms with Gasteiger partial charge in [0.2, 0.25) is 0 Å². The van der Waals surface area contributed by atoms with Crippen LogP contribution in [0.25, 0.3) is 11.3 Å². The number of halogens is 1. The van der Waals surface area contributed by atoms with Crippen LogP contribution in [0, 0.1) is 6.92 Å². The van der Waals surface area contributed by atoms with E-state index in [1.54, 1.807) is 0 Å². The lowest BCUT2D eigenvalue weighted by molar-refractivity contribution is 1.05. The number of rotatable bonds is 0. The lowest BCUT2D eigenvalue weighted by atomic mass is 10.0. The number of anilines is 1. The number of hydrogen-bond acceptors (Lipinski definition) is 2. The van der Waals surface area contributed by atoms with Gasteiger partial charge in [-0.25, -0.2) is 0 Å². The summed E-state index contributed by atoms with van der Waals surface area (Å²) in [6.07, 6.45) is 0. The molecular weight excluding hydrogens is 210 g/mol. The summed E-state index contributed by atoms with van der Waals surface area (Å²) in [4.78, 5) is 0. The predicted octanol–water partition coefficient (Wildman–Crippen LogP) is 2.96. The van der Waals surface area contributed by atoms with Gasteiger partial charge in [0.15, 0.2) is 0 Å². The van der Waals surface area contributed by atoms with E-state index in [0.29, 0.717) is 0 Å². The first kappa shape index (κ1) is 8.80. The van der Waals surface area contributed by atoms with Crippen molar-refractivity contribution in [3.05, 3.63) is 34.5 Å². The second-order valence-electron chi connectivity index (χ2n) is 3.72. The quantitative estimate of drug-likeness (QED) is 0.715. The SMILES string of the molecule is Cc1[nH]nc2c1CNc1ccc(Cl)cc1-2. The Morgan fingerprint density at radius 3 is 3.13 bits per heavy atom. The van der Waals surface area contributed by atoms with Crippen LogP contribution in [0.15, 0.2) is 18.2 Å². The molecule has 1 aliphatic rings. The second kappa shape index (κ2) is 3.00. The number of nitrogens with one attached hydrogen (secondary N) is 2. The van der Waals surface area contributed by atoms with Gasteiger partial charge in [-0.2, -0.15) is 5.10 Å². The van der Waals surface area contributed by atoms with Crippen molar-refractivity contribution in [1.29, 1.82) is 0 Å². The van der Waals surface area contributed by atoms with E-state index in [4.69, 9.17) is 11.6 Å². The number of aromatic amines is 1. The molecule has 0 amide bonds. The van der Waals surface area contributed by atoms with Gasteiger partial charge in [-0.3, -0.25) is 5.10 Å². The minimum atomic E-state index is 0.740. The summed E-state index contributed by atoms with van der Waals surface area (Å²) in [6, 6.07) is 5.82. The van der Waals surface area contributed by atoms with E-state index >= 15 is 0 Å². The molecule has 0 saturated carbocycles. The molecule has 1 aromatic heterocycles. The Morgan fingerprint density at radius 1 is 1.40 bits per heavy atom. The minimum Gasteiger partial charge on any atom is -0.380 e. The fraction of sp³-hybridized carbons (Fsp3) is 0.182. The maximum atomic E-state index is 5.98. The third kappa shape index (κ3) is 1.23. The van der Waals surface area contributed by atoms with Crippen molar-refractivity contribution in [3.8, 4) is 11.3 Å². The summed E-state index contributed by atoms with van der Waals surface area (Å²) in [5.74, 6) is 0. The van der Waals surface area contributed by atoms with Crippen molar-refractivity contribution in [1.82, 2.24) is 10.2 Å². The summed E-state index contributed by atoms with van der Waals surface area (Å²) >= 11 is 5.98. The van der Waals surface area contributed by atoms with Crippen LogP contribution in [-0.4, -0.2) is 10.2 Å². The largest absolute Gasteiger partial charge is 0.380 e. The standard InChI is InChI=1S/C11H10ClN3/c1-6-9-5-13-10-3-2-7(12)4-8(10)11(9)15-14-6/h2-4,13H,5H2,1H3,(H,14,15). The van der Waals surface area contributed by atoms with Gasteiger partial charge in [0.1, 0.15) is 0 Å². The highest BCUT2D eigenvalue weighted by molar-refractivity contribution is 6.31. The van der Waals surface area contributed by atoms with Gasteiger partial charge in [0.05, 0.1) is 5.69 Å². The number of aromatic nitrogens is 2. The fourth-order valence-electron chi connectivity index (χ4n) is 1.94. The van der Waals surface area contributed by atoms with Crippen LogP contribution in [0.5, 0.6) is 0 Å². The average molecular weight is 220 g/mol. The van der Waals surface area contributed by atoms with E-state index < -0.39 is 0 Å². The summed E-state index contributed by atoms with van der Waals surface area (Å²) in [7, 11) is 0. The van der Waals surface area contributed by atoms with Crippen LogP contribution in [0.4, 0.5) is 5.69 Å². The van der Waals surface area contributed by atoms with Crippen LogP contribution >= 0.6 is 11.6 Å². The molecule has 0 bridgehead atoms. The maximum Gasteiger partial charge on any atom is 0.0994 e. The van der Waals surface area contributed by atoms with Crippen molar-refractivity contribution in [2.75, 3.05) is 5.32 Å². The Kier molecular flexibility index (Phi) is 1.76. The van der Waals surface area contributed by atoms with Crippen molar-refractivity contribution in [2.45, 2.75) is 13.5 Å². The Labute approximate surface area is 92.5 Å². The van der Waals surface area contributed by atoms with Gasteiger partial charge < -0.3 is 5.32 Å². The molecule has 0 radical (unpaired) electrons. The predicted molar refractivity (Wildman–Crippen MR) is 61.1 cm³/mol. The van der Waals surface area contributed by atoms with E-state index in [2.05, 4.69) is 15.5 Å². The summed E-state index contributed by atoms with van der Waals surface area (Å²) < 4.78 is 0. The molecule has 3 rings (SSSR count). The van der Waals surface area contributed by atoms with Crippen molar-refractivity contribution in [2.24, 2.45) is 0 Å². The van der Waals surface area contributed by atoms with Gasteiger partial charge >= 0.3 is 0 Å². The number of nitrogens with zero attached hydrogens (tertiary/aromatic N) is 1. The van der Waals surface area contributed by atoms with Crippen LogP contribution < -0.4 is 5.32 Å². The number of fused-ring (bicyclic) bond motifs is 3. The molecule has 1 aliphatic heterocycles. The Morgan fingerprint density at radius 2 is 2.27 bits per heavy atom. The fourth-order valence-corrected chi connectivity index (χ4v) is 2.11. The summed E-state index contributed by atoms with van der Waals surface area (Å²) in [6.45, 7) is 2.86. The van der Waals surface area contributed by atoms with Gasteiger partial charge in [-0.1, -0.05) is 11.6 Å². The van der Waals surface area contributed by atoms with Gasteiger partial charge in [0, 0.05) is 34.1 Å². The Balaban J connectivity index is 2.28. The molecule has 2 N–H and O–H groups in total. The molecule has 2 aromatic rings. The topological polar surface area (TPSA) is 40.7 Å². The van der Waals surface area contributed by atoms with E-state index in [0.717, 1.165) is 34.2 Å². The van der Waals surface area contributed by atoms with Crippen molar-refractivity contribution >= 4 is 17.3 Å². The lowest BCUT2D eigenvalue weighted by Gasteiger charge is -2.17. The Hall–Kier alpha value is -1.48. The second-order valence-corrected chi connectivity index (χ2v) is 4.16. The summed E-state index contributed by atoms with van der Waals surface area (Å²) in [5, 5.41) is 11.4. The van der Waals surface area contributed by atoms with Crippen LogP contribution in [0.3, 0.4) is 0 Å². The van der Waals surface area contributed by atoms with Gasteiger partial charge in [0.25, 0.3) is 0 Å². The highest BCUT2D eigenvalue weighted by Crippen LogP contribution is 2.36. The molecule has 2 heterocycles. The molecule has 0 aliphatic carbocycles. The highest BCUT2D eigenvalue weighted by Gasteiger charge is 2.20. The van der Waals surface area contributed by atoms with Crippen molar-refractivity contribution in [3.63, 3.8) is 0 Å². The molecule has 76 valence electrons. The molecule has 0 unspecified atom stereocenters. The molecule has 0 spiro atoms. The zero-order valence-corrected chi connectivity index (χ0v) is 9.02. The number of hydrogen-bond donors (Lipinski definition) is 2. The minimum absolute atomic E-state index is 0.740. The molecule has 1 aromatic carbocycles. The van der Waals surface area contributed by atoms with Crippen molar-refractivity contribution < 1.29 is 0 Å². The molecular formula is C11H10ClN3. The molecule has 4 heteroatoms. The zero-order chi connectivity index (χ0) is 10.4. The molecule has 0 fully saturated rings. The lowest BCUT2D eigenvalue weighted by Crippen LogP contribution is -2.08. The first-order valence-electron chi connectivity index (χ1n) is 4.83. The summed E-state index contributed by atoms with van der Waals surface area (Å²) in [5.41, 5.74) is 5.53. The molecule has 0 saturated heterocycles. The molecule has 0 atom stereocenters. The maximum absolute atomic E-state index is 5.98. The molecule has 3 nitrogen and oxygen atoms in total. The normalized spacial score (nSPS) is 12.9. The zero-order valence-electron chi connectivity index (χ0n) is 8.26. The van der Waals surface area contributed by atoms with Crippen LogP contribution in [0.2, 0.25) is 5.02 Å². The van der Waals surface area contributed by atoms with E-state index in [9.17, 15) is 0 Å².